The van der Waals surface area contributed by atoms with E-state index in [1.165, 1.54) is 18.2 Å². The Kier molecular flexibility index (Phi) is 4.42. The summed E-state index contributed by atoms with van der Waals surface area (Å²) in [6.45, 7) is 2.38. The maximum absolute atomic E-state index is 12.6. The number of piperidine rings is 1. The number of nitrogens with zero attached hydrogens (tertiary/aromatic N) is 2. The Morgan fingerprint density at radius 2 is 2.29 bits per heavy atom. The number of rotatable bonds is 3. The van der Waals surface area contributed by atoms with Gasteiger partial charge in [-0.25, -0.2) is 0 Å². The van der Waals surface area contributed by atoms with Gasteiger partial charge in [0.05, 0.1) is 23.1 Å². The first-order valence-electron chi connectivity index (χ1n) is 6.91. The number of nitrogens with two attached hydrogens (primary N) is 1. The Morgan fingerprint density at radius 3 is 2.90 bits per heavy atom. The molecule has 114 valence electrons. The van der Waals surface area contributed by atoms with E-state index in [0.717, 1.165) is 12.8 Å². The van der Waals surface area contributed by atoms with Gasteiger partial charge in [0.1, 0.15) is 0 Å². The van der Waals surface area contributed by atoms with E-state index in [-0.39, 0.29) is 41.4 Å². The van der Waals surface area contributed by atoms with Crippen LogP contribution in [0.3, 0.4) is 0 Å². The van der Waals surface area contributed by atoms with Crippen molar-refractivity contribution in [2.75, 3.05) is 18.9 Å². The van der Waals surface area contributed by atoms with Crippen molar-refractivity contribution < 1.29 is 14.8 Å². The number of amides is 1. The molecule has 1 amide bonds. The SMILES string of the molecule is C[C@H]1CCCN(C(=O)c2cc([N+](=O)[O-])ccc2N)[C@H]1CO. The second-order valence-corrected chi connectivity index (χ2v) is 5.40. The molecule has 2 atom stereocenters. The Bertz CT molecular complexity index is 561. The zero-order chi connectivity index (χ0) is 15.6. The molecule has 1 saturated heterocycles. The lowest BCUT2D eigenvalue weighted by molar-refractivity contribution is -0.384. The molecule has 0 aromatic heterocycles. The number of carbonyl (C=O) groups is 1. The van der Waals surface area contributed by atoms with Gasteiger partial charge in [-0.05, 0) is 24.8 Å². The Balaban J connectivity index is 2.34. The average molecular weight is 293 g/mol. The lowest BCUT2D eigenvalue weighted by Crippen LogP contribution is -2.49. The summed E-state index contributed by atoms with van der Waals surface area (Å²) in [5, 5.41) is 20.3. The van der Waals surface area contributed by atoms with Gasteiger partial charge in [-0.1, -0.05) is 6.92 Å². The average Bonchev–Trinajstić information content (AvgIpc) is 2.46. The molecule has 0 aliphatic carbocycles. The molecule has 7 nitrogen and oxygen atoms in total. The van der Waals surface area contributed by atoms with E-state index in [1.807, 2.05) is 6.92 Å². The van der Waals surface area contributed by atoms with Gasteiger partial charge in [0.15, 0.2) is 0 Å². The number of non-ortho nitro benzene ring substituents is 1. The zero-order valence-corrected chi connectivity index (χ0v) is 11.9. The Morgan fingerprint density at radius 1 is 1.57 bits per heavy atom. The van der Waals surface area contributed by atoms with Crippen LogP contribution in [-0.4, -0.2) is 40.0 Å². The third-order valence-electron chi connectivity index (χ3n) is 4.04. The molecule has 0 radical (unpaired) electrons. The second-order valence-electron chi connectivity index (χ2n) is 5.40. The summed E-state index contributed by atoms with van der Waals surface area (Å²) in [5.41, 5.74) is 5.95. The molecule has 0 unspecified atom stereocenters. The van der Waals surface area contributed by atoms with E-state index in [2.05, 4.69) is 0 Å². The van der Waals surface area contributed by atoms with E-state index < -0.39 is 4.92 Å². The van der Waals surface area contributed by atoms with Gasteiger partial charge in [-0.3, -0.25) is 14.9 Å². The smallest absolute Gasteiger partial charge is 0.270 e. The van der Waals surface area contributed by atoms with Crippen LogP contribution in [0.15, 0.2) is 18.2 Å². The van der Waals surface area contributed by atoms with Crippen LogP contribution >= 0.6 is 0 Å². The van der Waals surface area contributed by atoms with Crippen molar-refractivity contribution in [1.82, 2.24) is 4.90 Å². The predicted molar refractivity (Wildman–Crippen MR) is 77.8 cm³/mol. The molecule has 1 aromatic carbocycles. The number of nitro benzene ring substituents is 1. The minimum Gasteiger partial charge on any atom is -0.398 e. The summed E-state index contributed by atoms with van der Waals surface area (Å²) in [5.74, 6) is -0.172. The van der Waals surface area contributed by atoms with Crippen LogP contribution in [0.25, 0.3) is 0 Å². The lowest BCUT2D eigenvalue weighted by Gasteiger charge is -2.39. The summed E-state index contributed by atoms with van der Waals surface area (Å²) >= 11 is 0. The van der Waals surface area contributed by atoms with Crippen LogP contribution in [0.4, 0.5) is 11.4 Å². The fourth-order valence-corrected chi connectivity index (χ4v) is 2.78. The van der Waals surface area contributed by atoms with Gasteiger partial charge in [0.2, 0.25) is 0 Å². The van der Waals surface area contributed by atoms with Crippen molar-refractivity contribution in [2.24, 2.45) is 5.92 Å². The van der Waals surface area contributed by atoms with E-state index in [1.54, 1.807) is 4.90 Å². The zero-order valence-electron chi connectivity index (χ0n) is 11.9. The Labute approximate surface area is 122 Å². The second kappa shape index (κ2) is 6.09. The molecule has 1 heterocycles. The first-order chi connectivity index (χ1) is 9.95. The first kappa shape index (κ1) is 15.2. The number of anilines is 1. The number of aliphatic hydroxyl groups excluding tert-OH is 1. The number of likely N-dealkylation sites (tertiary alicyclic amines) is 1. The number of carbonyl (C=O) groups excluding carboxylic acids is 1. The van der Waals surface area contributed by atoms with E-state index >= 15 is 0 Å². The van der Waals surface area contributed by atoms with Crippen molar-refractivity contribution in [3.8, 4) is 0 Å². The third kappa shape index (κ3) is 2.97. The van der Waals surface area contributed by atoms with Gasteiger partial charge in [0.25, 0.3) is 11.6 Å². The van der Waals surface area contributed by atoms with Crippen molar-refractivity contribution in [2.45, 2.75) is 25.8 Å². The van der Waals surface area contributed by atoms with Gasteiger partial charge in [0, 0.05) is 24.4 Å². The van der Waals surface area contributed by atoms with Crippen LogP contribution in [0.5, 0.6) is 0 Å². The van der Waals surface area contributed by atoms with Crippen molar-refractivity contribution in [1.29, 1.82) is 0 Å². The van der Waals surface area contributed by atoms with Gasteiger partial charge < -0.3 is 15.7 Å². The van der Waals surface area contributed by atoms with Crippen LogP contribution in [0, 0.1) is 16.0 Å². The molecule has 2 rings (SSSR count). The number of aliphatic hydroxyl groups is 1. The molecule has 1 aliphatic rings. The van der Waals surface area contributed by atoms with E-state index in [4.69, 9.17) is 5.73 Å². The number of nitro groups is 1. The van der Waals surface area contributed by atoms with Gasteiger partial charge >= 0.3 is 0 Å². The van der Waals surface area contributed by atoms with Crippen LogP contribution in [0.1, 0.15) is 30.1 Å². The van der Waals surface area contributed by atoms with E-state index in [0.29, 0.717) is 6.54 Å². The predicted octanol–water partition coefficient (Wildman–Crippen LogP) is 1.41. The Hall–Kier alpha value is -2.15. The molecule has 0 saturated carbocycles. The monoisotopic (exact) mass is 293 g/mol. The number of hydrogen-bond donors (Lipinski definition) is 2. The summed E-state index contributed by atoms with van der Waals surface area (Å²) in [6.07, 6.45) is 1.79. The normalized spacial score (nSPS) is 22.1. The molecular weight excluding hydrogens is 274 g/mol. The highest BCUT2D eigenvalue weighted by atomic mass is 16.6. The molecule has 0 spiro atoms. The molecule has 1 aromatic rings. The van der Waals surface area contributed by atoms with Crippen LogP contribution in [0.2, 0.25) is 0 Å². The highest BCUT2D eigenvalue weighted by molar-refractivity contribution is 6.00. The summed E-state index contributed by atoms with van der Waals surface area (Å²) in [6, 6.07) is 3.57. The van der Waals surface area contributed by atoms with Crippen molar-refractivity contribution >= 4 is 17.3 Å². The highest BCUT2D eigenvalue weighted by Crippen LogP contribution is 2.27. The molecule has 0 bridgehead atoms. The summed E-state index contributed by atoms with van der Waals surface area (Å²) in [7, 11) is 0. The highest BCUT2D eigenvalue weighted by Gasteiger charge is 2.33. The fraction of sp³-hybridized carbons (Fsp3) is 0.500. The summed E-state index contributed by atoms with van der Waals surface area (Å²) < 4.78 is 0. The van der Waals surface area contributed by atoms with Crippen LogP contribution in [-0.2, 0) is 0 Å². The molecule has 21 heavy (non-hydrogen) atoms. The molecular formula is C14H19N3O4. The number of benzene rings is 1. The topological polar surface area (TPSA) is 110 Å². The standard InChI is InChI=1S/C14H19N3O4/c1-9-3-2-6-16(13(9)8-18)14(19)11-7-10(17(20)21)4-5-12(11)15/h4-5,7,9,13,18H,2-3,6,8,15H2,1H3/t9-,13-/m0/s1. The third-order valence-corrected chi connectivity index (χ3v) is 4.04. The maximum Gasteiger partial charge on any atom is 0.270 e. The van der Waals surface area contributed by atoms with Crippen molar-refractivity contribution in [3.05, 3.63) is 33.9 Å². The van der Waals surface area contributed by atoms with Crippen molar-refractivity contribution in [3.63, 3.8) is 0 Å². The minimum absolute atomic E-state index is 0.122. The molecule has 1 fully saturated rings. The molecule has 7 heteroatoms. The lowest BCUT2D eigenvalue weighted by atomic mass is 9.90. The molecule has 3 N–H and O–H groups in total. The fourth-order valence-electron chi connectivity index (χ4n) is 2.78. The first-order valence-corrected chi connectivity index (χ1v) is 6.91. The summed E-state index contributed by atoms with van der Waals surface area (Å²) in [4.78, 5) is 24.5. The number of hydrogen-bond acceptors (Lipinski definition) is 5. The number of nitrogen functional groups attached to an aromatic ring is 1. The van der Waals surface area contributed by atoms with Gasteiger partial charge in [-0.15, -0.1) is 0 Å². The minimum atomic E-state index is -0.557. The van der Waals surface area contributed by atoms with E-state index in [9.17, 15) is 20.0 Å². The van der Waals surface area contributed by atoms with Gasteiger partial charge in [-0.2, -0.15) is 0 Å². The molecule has 1 aliphatic heterocycles. The van der Waals surface area contributed by atoms with Crippen LogP contribution < -0.4 is 5.73 Å². The largest absolute Gasteiger partial charge is 0.398 e. The maximum atomic E-state index is 12.6. The quantitative estimate of drug-likeness (QED) is 0.497.